The van der Waals surface area contributed by atoms with Gasteiger partial charge in [-0.2, -0.15) is 0 Å². The van der Waals surface area contributed by atoms with Crippen molar-refractivity contribution in [1.82, 2.24) is 4.98 Å². The Bertz CT molecular complexity index is 1170. The van der Waals surface area contributed by atoms with Crippen LogP contribution < -0.4 is 0 Å². The highest BCUT2D eigenvalue weighted by atomic mass is 16.5. The van der Waals surface area contributed by atoms with Gasteiger partial charge in [0, 0.05) is 12.8 Å². The van der Waals surface area contributed by atoms with Crippen molar-refractivity contribution >= 4 is 5.97 Å². The third kappa shape index (κ3) is 6.15. The predicted octanol–water partition coefficient (Wildman–Crippen LogP) is 7.28. The van der Waals surface area contributed by atoms with E-state index in [9.17, 15) is 15.0 Å². The molecule has 41 heavy (non-hydrogen) atoms. The Hall–Kier alpha value is -2.18. The largest absolute Gasteiger partial charge is 0.461 e. The van der Waals surface area contributed by atoms with Crippen LogP contribution in [-0.4, -0.2) is 39.5 Å². The molecule has 0 bridgehead atoms. The Morgan fingerprint density at radius 3 is 2.71 bits per heavy atom. The van der Waals surface area contributed by atoms with E-state index < -0.39 is 12.2 Å². The van der Waals surface area contributed by atoms with Crippen LogP contribution in [0.15, 0.2) is 46.1 Å². The number of rotatable bonds is 10. The van der Waals surface area contributed by atoms with Crippen molar-refractivity contribution in [2.45, 2.75) is 135 Å². The van der Waals surface area contributed by atoms with Crippen LogP contribution in [0.3, 0.4) is 0 Å². The smallest absolute Gasteiger partial charge is 0.306 e. The number of carbonyl (C=O) groups excluding carboxylic acids is 1. The maximum atomic E-state index is 12.7. The van der Waals surface area contributed by atoms with Crippen LogP contribution in [0.25, 0.3) is 0 Å². The normalized spacial score (nSPS) is 34.4. The molecule has 4 aliphatic carbocycles. The first-order valence-corrected chi connectivity index (χ1v) is 16.1. The van der Waals surface area contributed by atoms with E-state index in [0.717, 1.165) is 61.3 Å². The van der Waals surface area contributed by atoms with Gasteiger partial charge >= 0.3 is 5.97 Å². The number of aliphatic hydroxyl groups is 2. The molecule has 4 saturated carbocycles. The maximum Gasteiger partial charge on any atom is 0.306 e. The van der Waals surface area contributed by atoms with Gasteiger partial charge in [0.05, 0.1) is 23.3 Å². The van der Waals surface area contributed by atoms with E-state index in [0.29, 0.717) is 37.0 Å². The van der Waals surface area contributed by atoms with Crippen molar-refractivity contribution in [2.24, 2.45) is 23.2 Å². The highest BCUT2D eigenvalue weighted by molar-refractivity contribution is 5.69. The van der Waals surface area contributed by atoms with E-state index in [-0.39, 0.29) is 22.9 Å². The van der Waals surface area contributed by atoms with Gasteiger partial charge in [0.1, 0.15) is 12.4 Å². The van der Waals surface area contributed by atoms with Crippen LogP contribution in [0.4, 0.5) is 0 Å². The number of carbonyl (C=O) groups is 1. The van der Waals surface area contributed by atoms with Crippen LogP contribution in [0.1, 0.15) is 116 Å². The molecule has 2 N–H and O–H groups in total. The second kappa shape index (κ2) is 12.2. The maximum absolute atomic E-state index is 12.7. The standard InChI is InChI=1S/C35H51NO5/c1-6-8-32(39)41-31(35(17-18-35)33-36-23(3)21-40-33)15-10-22(2)28-13-14-29-25(9-7-16-34(28,29)5)11-12-26-19-27(37)20-30(38)24(26)4/h11-12,21-22,27-31,37-38H,4,6-10,13-20H2,1-3,5H3/t22-,27-,28-,29+,30+,31-,34-/m1/s1. The minimum absolute atomic E-state index is 0.107. The fourth-order valence-corrected chi connectivity index (χ4v) is 8.56. The molecule has 0 spiro atoms. The first-order chi connectivity index (χ1) is 19.6. The molecule has 6 heteroatoms. The fourth-order valence-electron chi connectivity index (χ4n) is 8.56. The Morgan fingerprint density at radius 2 is 2.02 bits per heavy atom. The number of aliphatic hydroxyl groups excluding tert-OH is 2. The Balaban J connectivity index is 1.28. The summed E-state index contributed by atoms with van der Waals surface area (Å²) in [5, 5.41) is 20.4. The number of fused-ring (bicyclic) bond motifs is 1. The average Bonchev–Trinajstić information content (AvgIpc) is 3.48. The Morgan fingerprint density at radius 1 is 1.24 bits per heavy atom. The van der Waals surface area contributed by atoms with E-state index >= 15 is 0 Å². The van der Waals surface area contributed by atoms with E-state index in [1.54, 1.807) is 6.26 Å². The molecule has 0 amide bonds. The molecule has 0 aromatic carbocycles. The number of ether oxygens (including phenoxy) is 1. The van der Waals surface area contributed by atoms with Crippen molar-refractivity contribution in [1.29, 1.82) is 0 Å². The number of aromatic nitrogens is 1. The summed E-state index contributed by atoms with van der Waals surface area (Å²) >= 11 is 0. The van der Waals surface area contributed by atoms with Crippen molar-refractivity contribution in [3.8, 4) is 0 Å². The summed E-state index contributed by atoms with van der Waals surface area (Å²) in [6, 6.07) is 0. The number of hydrogen-bond acceptors (Lipinski definition) is 6. The molecule has 0 aliphatic heterocycles. The van der Waals surface area contributed by atoms with E-state index in [1.165, 1.54) is 31.3 Å². The summed E-state index contributed by atoms with van der Waals surface area (Å²) in [5.74, 6) is 2.35. The van der Waals surface area contributed by atoms with Gasteiger partial charge < -0.3 is 19.4 Å². The van der Waals surface area contributed by atoms with Crippen molar-refractivity contribution in [2.75, 3.05) is 0 Å². The molecule has 1 heterocycles. The SMILES string of the molecule is C=C1C(=CC=C2CCC[C@]3(C)[C@@H]([C@H](C)CC[C@@H](OC(=O)CCC)C4(c5nc(C)co5)CC4)CC[C@@H]23)C[C@@H](O)C[C@@H]1O. The molecule has 5 rings (SSSR count). The fraction of sp³-hybridized carbons (Fsp3) is 0.714. The average molecular weight is 566 g/mol. The Kier molecular flexibility index (Phi) is 9.01. The van der Waals surface area contributed by atoms with Gasteiger partial charge in [-0.25, -0.2) is 4.98 Å². The quantitative estimate of drug-likeness (QED) is 0.290. The van der Waals surface area contributed by atoms with Gasteiger partial charge in [-0.05, 0) is 112 Å². The molecule has 226 valence electrons. The van der Waals surface area contributed by atoms with Crippen LogP contribution in [-0.2, 0) is 14.9 Å². The first kappa shape index (κ1) is 30.3. The van der Waals surface area contributed by atoms with Crippen molar-refractivity contribution in [3.63, 3.8) is 0 Å². The van der Waals surface area contributed by atoms with Crippen LogP contribution in [0.2, 0.25) is 0 Å². The molecule has 0 radical (unpaired) electrons. The third-order valence-electron chi connectivity index (χ3n) is 11.1. The second-order valence-corrected chi connectivity index (χ2v) is 13.9. The van der Waals surface area contributed by atoms with Gasteiger partial charge in [0.15, 0.2) is 0 Å². The number of allylic oxidation sites excluding steroid dienone is 3. The van der Waals surface area contributed by atoms with Gasteiger partial charge in [-0.1, -0.05) is 45.1 Å². The molecular formula is C35H51NO5. The van der Waals surface area contributed by atoms with Gasteiger partial charge in [0.2, 0.25) is 5.89 Å². The Labute approximate surface area is 246 Å². The van der Waals surface area contributed by atoms with Gasteiger partial charge in [-0.3, -0.25) is 4.79 Å². The summed E-state index contributed by atoms with van der Waals surface area (Å²) < 4.78 is 12.0. The zero-order valence-corrected chi connectivity index (χ0v) is 25.7. The topological polar surface area (TPSA) is 92.8 Å². The molecular weight excluding hydrogens is 514 g/mol. The van der Waals surface area contributed by atoms with Crippen LogP contribution in [0.5, 0.6) is 0 Å². The minimum Gasteiger partial charge on any atom is -0.461 e. The van der Waals surface area contributed by atoms with Crippen molar-refractivity contribution in [3.05, 3.63) is 53.3 Å². The number of hydrogen-bond donors (Lipinski definition) is 2. The van der Waals surface area contributed by atoms with Crippen molar-refractivity contribution < 1.29 is 24.2 Å². The number of oxazole rings is 1. The number of nitrogens with zero attached hydrogens (tertiary/aromatic N) is 1. The lowest BCUT2D eigenvalue weighted by Crippen LogP contribution is -2.37. The van der Waals surface area contributed by atoms with Crippen LogP contribution >= 0.6 is 0 Å². The first-order valence-electron chi connectivity index (χ1n) is 16.1. The molecule has 4 fully saturated rings. The van der Waals surface area contributed by atoms with Crippen LogP contribution in [0, 0.1) is 30.1 Å². The van der Waals surface area contributed by atoms with E-state index in [1.807, 2.05) is 13.8 Å². The molecule has 1 aromatic rings. The second-order valence-electron chi connectivity index (χ2n) is 13.9. The highest BCUT2D eigenvalue weighted by Crippen LogP contribution is 2.60. The molecule has 0 saturated heterocycles. The molecule has 7 atom stereocenters. The monoisotopic (exact) mass is 565 g/mol. The summed E-state index contributed by atoms with van der Waals surface area (Å²) in [4.78, 5) is 17.3. The lowest BCUT2D eigenvalue weighted by atomic mass is 9.60. The molecule has 6 nitrogen and oxygen atoms in total. The predicted molar refractivity (Wildman–Crippen MR) is 160 cm³/mol. The van der Waals surface area contributed by atoms with Gasteiger partial charge in [-0.15, -0.1) is 0 Å². The zero-order chi connectivity index (χ0) is 29.4. The molecule has 0 unspecified atom stereocenters. The lowest BCUT2D eigenvalue weighted by molar-refractivity contribution is -0.152. The third-order valence-corrected chi connectivity index (χ3v) is 11.1. The lowest BCUT2D eigenvalue weighted by Gasteiger charge is -2.44. The summed E-state index contributed by atoms with van der Waals surface area (Å²) in [6.45, 7) is 13.0. The van der Waals surface area contributed by atoms with Gasteiger partial charge in [0.25, 0.3) is 0 Å². The minimum atomic E-state index is -0.649. The number of aryl methyl sites for hydroxylation is 1. The summed E-state index contributed by atoms with van der Waals surface area (Å²) in [7, 11) is 0. The highest BCUT2D eigenvalue weighted by Gasteiger charge is 2.57. The van der Waals surface area contributed by atoms with E-state index in [2.05, 4.69) is 37.6 Å². The number of esters is 1. The summed E-state index contributed by atoms with van der Waals surface area (Å²) in [6.07, 6.45) is 16.8. The zero-order valence-electron chi connectivity index (χ0n) is 25.7. The van der Waals surface area contributed by atoms with E-state index in [4.69, 9.17) is 9.15 Å². The molecule has 1 aromatic heterocycles. The summed E-state index contributed by atoms with van der Waals surface area (Å²) in [5.41, 5.74) is 4.13. The molecule has 4 aliphatic rings.